The summed E-state index contributed by atoms with van der Waals surface area (Å²) in [5, 5.41) is 11.7. The van der Waals surface area contributed by atoms with Crippen molar-refractivity contribution in [2.24, 2.45) is 0 Å². The smallest absolute Gasteiger partial charge is 0.370 e. The van der Waals surface area contributed by atoms with Gasteiger partial charge >= 0.3 is 6.18 Å². The molecule has 2 nitrogen and oxygen atoms in total. The maximum atomic E-state index is 12.3. The third kappa shape index (κ3) is 1.97. The van der Waals surface area contributed by atoms with Crippen molar-refractivity contribution in [3.05, 3.63) is 35.4 Å². The lowest BCUT2D eigenvalue weighted by atomic mass is 10.1. The summed E-state index contributed by atoms with van der Waals surface area (Å²) in [5.41, 5.74) is 0.198. The molecule has 15 heavy (non-hydrogen) atoms. The SMILES string of the molecule is OC1C=Cc2ccc(C(F)(F)F)cc2N1. The first kappa shape index (κ1) is 10.0. The Bertz CT molecular complexity index is 412. The third-order valence-electron chi connectivity index (χ3n) is 2.14. The highest BCUT2D eigenvalue weighted by Crippen LogP contribution is 2.33. The minimum Gasteiger partial charge on any atom is -0.370 e. The molecule has 0 radical (unpaired) electrons. The monoisotopic (exact) mass is 215 g/mol. The molecule has 0 saturated heterocycles. The van der Waals surface area contributed by atoms with Crippen LogP contribution in [0.1, 0.15) is 11.1 Å². The number of hydrogen-bond acceptors (Lipinski definition) is 2. The molecule has 1 aliphatic rings. The average Bonchev–Trinajstić information content (AvgIpc) is 2.15. The number of aliphatic hydroxyl groups excluding tert-OH is 1. The molecular formula is C10H8F3NO. The summed E-state index contributed by atoms with van der Waals surface area (Å²) >= 11 is 0. The Morgan fingerprint density at radius 3 is 2.67 bits per heavy atom. The molecule has 0 saturated carbocycles. The number of hydrogen-bond donors (Lipinski definition) is 2. The number of rotatable bonds is 0. The minimum absolute atomic E-state index is 0.292. The van der Waals surface area contributed by atoms with Crippen molar-refractivity contribution in [3.63, 3.8) is 0 Å². The van der Waals surface area contributed by atoms with Crippen LogP contribution >= 0.6 is 0 Å². The number of nitrogens with one attached hydrogen (secondary N) is 1. The fraction of sp³-hybridized carbons (Fsp3) is 0.200. The van der Waals surface area contributed by atoms with Gasteiger partial charge in [0.15, 0.2) is 0 Å². The Balaban J connectivity index is 2.43. The first-order chi connectivity index (χ1) is 6.97. The van der Waals surface area contributed by atoms with Crippen molar-refractivity contribution in [2.45, 2.75) is 12.4 Å². The van der Waals surface area contributed by atoms with E-state index >= 15 is 0 Å². The zero-order chi connectivity index (χ0) is 11.1. The van der Waals surface area contributed by atoms with Crippen LogP contribution in [0.15, 0.2) is 24.3 Å². The predicted octanol–water partition coefficient (Wildman–Crippen LogP) is 2.46. The summed E-state index contributed by atoms with van der Waals surface area (Å²) in [6, 6.07) is 3.37. The van der Waals surface area contributed by atoms with Gasteiger partial charge in [-0.2, -0.15) is 13.2 Å². The number of fused-ring (bicyclic) bond motifs is 1. The Kier molecular flexibility index (Phi) is 2.19. The lowest BCUT2D eigenvalue weighted by molar-refractivity contribution is -0.137. The van der Waals surface area contributed by atoms with Crippen LogP contribution in [0.2, 0.25) is 0 Å². The third-order valence-corrected chi connectivity index (χ3v) is 2.14. The van der Waals surface area contributed by atoms with Crippen molar-refractivity contribution in [1.29, 1.82) is 0 Å². The van der Waals surface area contributed by atoms with E-state index in [0.29, 0.717) is 11.3 Å². The van der Waals surface area contributed by atoms with E-state index in [0.717, 1.165) is 12.1 Å². The molecule has 1 aromatic carbocycles. The first-order valence-electron chi connectivity index (χ1n) is 4.31. The van der Waals surface area contributed by atoms with E-state index in [2.05, 4.69) is 5.32 Å². The molecular weight excluding hydrogens is 207 g/mol. The molecule has 0 spiro atoms. The van der Waals surface area contributed by atoms with Gasteiger partial charge in [0.1, 0.15) is 6.23 Å². The number of benzene rings is 1. The van der Waals surface area contributed by atoms with E-state index in [9.17, 15) is 18.3 Å². The van der Waals surface area contributed by atoms with E-state index in [1.165, 1.54) is 12.1 Å². The maximum Gasteiger partial charge on any atom is 0.416 e. The van der Waals surface area contributed by atoms with Crippen molar-refractivity contribution < 1.29 is 18.3 Å². The van der Waals surface area contributed by atoms with Gasteiger partial charge in [-0.3, -0.25) is 0 Å². The minimum atomic E-state index is -4.36. The molecule has 1 aliphatic heterocycles. The van der Waals surface area contributed by atoms with Gasteiger partial charge in [-0.1, -0.05) is 12.1 Å². The van der Waals surface area contributed by atoms with E-state index in [1.807, 2.05) is 0 Å². The summed E-state index contributed by atoms with van der Waals surface area (Å²) in [4.78, 5) is 0. The van der Waals surface area contributed by atoms with Crippen molar-refractivity contribution in [2.75, 3.05) is 5.32 Å². The largest absolute Gasteiger partial charge is 0.416 e. The van der Waals surface area contributed by atoms with Gasteiger partial charge in [0.2, 0.25) is 0 Å². The van der Waals surface area contributed by atoms with Crippen LogP contribution in [-0.4, -0.2) is 11.3 Å². The number of anilines is 1. The molecule has 80 valence electrons. The van der Waals surface area contributed by atoms with Gasteiger partial charge in [-0.15, -0.1) is 0 Å². The fourth-order valence-corrected chi connectivity index (χ4v) is 1.41. The lowest BCUT2D eigenvalue weighted by Crippen LogP contribution is -2.19. The summed E-state index contributed by atoms with van der Waals surface area (Å²) in [6.45, 7) is 0. The molecule has 1 unspecified atom stereocenters. The van der Waals surface area contributed by atoms with Gasteiger partial charge in [0.05, 0.1) is 5.56 Å². The molecule has 0 amide bonds. The van der Waals surface area contributed by atoms with E-state index in [4.69, 9.17) is 0 Å². The standard InChI is InChI=1S/C10H8F3NO/c11-10(12,13)7-3-1-6-2-4-9(15)14-8(6)5-7/h1-5,9,14-15H. The zero-order valence-corrected chi connectivity index (χ0v) is 7.55. The number of halogens is 3. The molecule has 0 bridgehead atoms. The average molecular weight is 215 g/mol. The van der Waals surface area contributed by atoms with Crippen LogP contribution in [-0.2, 0) is 6.18 Å². The second-order valence-electron chi connectivity index (χ2n) is 3.25. The number of aliphatic hydroxyl groups is 1. The number of alkyl halides is 3. The highest BCUT2D eigenvalue weighted by molar-refractivity contribution is 5.71. The van der Waals surface area contributed by atoms with Gasteiger partial charge in [-0.05, 0) is 23.8 Å². The second kappa shape index (κ2) is 3.27. The zero-order valence-electron chi connectivity index (χ0n) is 7.55. The molecule has 5 heteroatoms. The molecule has 2 N–H and O–H groups in total. The van der Waals surface area contributed by atoms with Crippen molar-refractivity contribution in [3.8, 4) is 0 Å². The van der Waals surface area contributed by atoms with Gasteiger partial charge < -0.3 is 10.4 Å². The highest BCUT2D eigenvalue weighted by Gasteiger charge is 2.31. The molecule has 0 aromatic heterocycles. The van der Waals surface area contributed by atoms with Gasteiger partial charge in [-0.25, -0.2) is 0 Å². The topological polar surface area (TPSA) is 32.3 Å². The predicted molar refractivity (Wildman–Crippen MR) is 50.1 cm³/mol. The summed E-state index contributed by atoms with van der Waals surface area (Å²) in [5.74, 6) is 0. The normalized spacial score (nSPS) is 19.6. The molecule has 1 heterocycles. The molecule has 1 aromatic rings. The highest BCUT2D eigenvalue weighted by atomic mass is 19.4. The van der Waals surface area contributed by atoms with E-state index in [-0.39, 0.29) is 0 Å². The molecule has 1 atom stereocenters. The molecule has 0 aliphatic carbocycles. The Labute approximate surface area is 84.0 Å². The second-order valence-corrected chi connectivity index (χ2v) is 3.25. The Hall–Kier alpha value is -1.49. The van der Waals surface area contributed by atoms with E-state index < -0.39 is 18.0 Å². The molecule has 0 fully saturated rings. The van der Waals surface area contributed by atoms with Crippen LogP contribution in [0.4, 0.5) is 18.9 Å². The van der Waals surface area contributed by atoms with Crippen molar-refractivity contribution >= 4 is 11.8 Å². The quantitative estimate of drug-likeness (QED) is 0.696. The van der Waals surface area contributed by atoms with Gasteiger partial charge in [0, 0.05) is 5.69 Å². The summed E-state index contributed by atoms with van der Waals surface area (Å²) in [7, 11) is 0. The Morgan fingerprint density at radius 2 is 2.00 bits per heavy atom. The first-order valence-corrected chi connectivity index (χ1v) is 4.31. The molecule has 2 rings (SSSR count). The summed E-state index contributed by atoms with van der Waals surface area (Å²) < 4.78 is 37.0. The maximum absolute atomic E-state index is 12.3. The Morgan fingerprint density at radius 1 is 1.27 bits per heavy atom. The summed E-state index contributed by atoms with van der Waals surface area (Å²) in [6.07, 6.45) is -2.24. The van der Waals surface area contributed by atoms with Gasteiger partial charge in [0.25, 0.3) is 0 Å². The van der Waals surface area contributed by atoms with E-state index in [1.54, 1.807) is 6.08 Å². The van der Waals surface area contributed by atoms with Crippen molar-refractivity contribution in [1.82, 2.24) is 0 Å². The van der Waals surface area contributed by atoms with Crippen LogP contribution < -0.4 is 5.32 Å². The van der Waals surface area contributed by atoms with Crippen LogP contribution in [0, 0.1) is 0 Å². The van der Waals surface area contributed by atoms with Crippen LogP contribution in [0.25, 0.3) is 6.08 Å². The fourth-order valence-electron chi connectivity index (χ4n) is 1.41. The van der Waals surface area contributed by atoms with Crippen LogP contribution in [0.3, 0.4) is 0 Å². The van der Waals surface area contributed by atoms with Crippen LogP contribution in [0.5, 0.6) is 0 Å². The lowest BCUT2D eigenvalue weighted by Gasteiger charge is -2.19.